The highest BCUT2D eigenvalue weighted by atomic mass is 16.6. The van der Waals surface area contributed by atoms with Gasteiger partial charge in [-0.25, -0.2) is 0 Å². The molecule has 6 nitrogen and oxygen atoms in total. The largest absolute Gasteiger partial charge is 0.472 e. The van der Waals surface area contributed by atoms with Crippen molar-refractivity contribution in [3.05, 3.63) is 58.0 Å². The van der Waals surface area contributed by atoms with Gasteiger partial charge in [0.2, 0.25) is 0 Å². The van der Waals surface area contributed by atoms with Gasteiger partial charge in [0.1, 0.15) is 0 Å². The number of nitro groups is 1. The minimum Gasteiger partial charge on any atom is -0.472 e. The van der Waals surface area contributed by atoms with Crippen LogP contribution in [0.2, 0.25) is 0 Å². The van der Waals surface area contributed by atoms with Crippen molar-refractivity contribution in [3.63, 3.8) is 0 Å². The summed E-state index contributed by atoms with van der Waals surface area (Å²) in [5.74, 6) is 0. The Morgan fingerprint density at radius 2 is 2.21 bits per heavy atom. The number of carbonyl (C=O) groups excluding carboxylic acids is 1. The SMILES string of the molecule is CN(Cc1ccoc1)c1ccc([N+](=O)[O-])c(C=O)c1. The van der Waals surface area contributed by atoms with Crippen LogP contribution in [0.25, 0.3) is 0 Å². The first-order chi connectivity index (χ1) is 9.11. The molecular formula is C13H12N2O4. The fourth-order valence-electron chi connectivity index (χ4n) is 1.79. The number of aldehydes is 1. The van der Waals surface area contributed by atoms with Crippen LogP contribution in [0, 0.1) is 10.1 Å². The Labute approximate surface area is 109 Å². The second-order valence-corrected chi connectivity index (χ2v) is 4.11. The number of nitro benzene ring substituents is 1. The second-order valence-electron chi connectivity index (χ2n) is 4.11. The first kappa shape index (κ1) is 12.8. The lowest BCUT2D eigenvalue weighted by molar-refractivity contribution is -0.385. The van der Waals surface area contributed by atoms with Gasteiger partial charge in [-0.3, -0.25) is 14.9 Å². The molecule has 98 valence electrons. The molecule has 2 aromatic rings. The molecule has 1 aromatic heterocycles. The zero-order valence-electron chi connectivity index (χ0n) is 10.3. The summed E-state index contributed by atoms with van der Waals surface area (Å²) >= 11 is 0. The second kappa shape index (κ2) is 5.34. The van der Waals surface area contributed by atoms with E-state index >= 15 is 0 Å². The van der Waals surface area contributed by atoms with Crippen LogP contribution < -0.4 is 4.90 Å². The molecule has 2 rings (SSSR count). The van der Waals surface area contributed by atoms with Crippen LogP contribution in [0.1, 0.15) is 15.9 Å². The summed E-state index contributed by atoms with van der Waals surface area (Å²) in [6, 6.07) is 6.30. The highest BCUT2D eigenvalue weighted by Crippen LogP contribution is 2.24. The molecule has 0 atom stereocenters. The van der Waals surface area contributed by atoms with E-state index in [9.17, 15) is 14.9 Å². The lowest BCUT2D eigenvalue weighted by Gasteiger charge is -2.18. The van der Waals surface area contributed by atoms with Crippen LogP contribution in [0.5, 0.6) is 0 Å². The van der Waals surface area contributed by atoms with Crippen LogP contribution in [-0.2, 0) is 6.54 Å². The molecule has 0 bridgehead atoms. The van der Waals surface area contributed by atoms with E-state index in [1.807, 2.05) is 18.0 Å². The van der Waals surface area contributed by atoms with Gasteiger partial charge in [0, 0.05) is 30.9 Å². The average molecular weight is 260 g/mol. The topological polar surface area (TPSA) is 76.6 Å². The first-order valence-electron chi connectivity index (χ1n) is 5.57. The molecule has 6 heteroatoms. The molecule has 0 unspecified atom stereocenters. The van der Waals surface area contributed by atoms with E-state index in [4.69, 9.17) is 4.42 Å². The molecule has 0 saturated heterocycles. The Balaban J connectivity index is 2.25. The molecule has 1 aromatic carbocycles. The van der Waals surface area contributed by atoms with Crippen molar-refractivity contribution < 1.29 is 14.1 Å². The molecule has 0 saturated carbocycles. The fraction of sp³-hybridized carbons (Fsp3) is 0.154. The molecule has 1 heterocycles. The quantitative estimate of drug-likeness (QED) is 0.469. The summed E-state index contributed by atoms with van der Waals surface area (Å²) in [4.78, 5) is 22.9. The Kier molecular flexibility index (Phi) is 3.61. The van der Waals surface area contributed by atoms with Crippen LogP contribution in [0.4, 0.5) is 11.4 Å². The van der Waals surface area contributed by atoms with Gasteiger partial charge in [-0.1, -0.05) is 0 Å². The van der Waals surface area contributed by atoms with E-state index in [2.05, 4.69) is 0 Å². The Morgan fingerprint density at radius 3 is 2.79 bits per heavy atom. The minimum atomic E-state index is -0.566. The number of nitrogens with zero attached hydrogens (tertiary/aromatic N) is 2. The molecule has 0 fully saturated rings. The number of anilines is 1. The summed E-state index contributed by atoms with van der Waals surface area (Å²) in [6.45, 7) is 0.590. The maximum Gasteiger partial charge on any atom is 0.280 e. The van der Waals surface area contributed by atoms with Crippen LogP contribution >= 0.6 is 0 Å². The van der Waals surface area contributed by atoms with E-state index in [0.29, 0.717) is 12.8 Å². The highest BCUT2D eigenvalue weighted by molar-refractivity contribution is 5.83. The minimum absolute atomic E-state index is 0.0709. The molecule has 0 N–H and O–H groups in total. The normalized spacial score (nSPS) is 10.2. The number of hydrogen-bond donors (Lipinski definition) is 0. The van der Waals surface area contributed by atoms with Crippen LogP contribution in [0.15, 0.2) is 41.2 Å². The fourth-order valence-corrected chi connectivity index (χ4v) is 1.79. The van der Waals surface area contributed by atoms with E-state index in [1.54, 1.807) is 18.6 Å². The van der Waals surface area contributed by atoms with E-state index in [0.717, 1.165) is 11.3 Å². The molecule has 0 aliphatic carbocycles. The number of benzene rings is 1. The third kappa shape index (κ3) is 2.79. The standard InChI is InChI=1S/C13H12N2O4/c1-14(7-10-4-5-19-9-10)12-2-3-13(15(17)18)11(6-12)8-16/h2-6,8-9H,7H2,1H3. The van der Waals surface area contributed by atoms with Gasteiger partial charge in [-0.15, -0.1) is 0 Å². The smallest absolute Gasteiger partial charge is 0.280 e. The van der Waals surface area contributed by atoms with Gasteiger partial charge in [-0.2, -0.15) is 0 Å². The summed E-state index contributed by atoms with van der Waals surface area (Å²) in [6.07, 6.45) is 3.70. The third-order valence-electron chi connectivity index (χ3n) is 2.78. The molecule has 0 amide bonds. The van der Waals surface area contributed by atoms with Gasteiger partial charge in [-0.05, 0) is 18.2 Å². The van der Waals surface area contributed by atoms with Gasteiger partial charge < -0.3 is 9.32 Å². The number of carbonyl (C=O) groups is 1. The molecule has 0 aliphatic rings. The van der Waals surface area contributed by atoms with Gasteiger partial charge in [0.15, 0.2) is 6.29 Å². The zero-order valence-corrected chi connectivity index (χ0v) is 10.3. The molecule has 0 spiro atoms. The Bertz CT molecular complexity index is 593. The van der Waals surface area contributed by atoms with Crippen LogP contribution in [0.3, 0.4) is 0 Å². The number of hydrogen-bond acceptors (Lipinski definition) is 5. The predicted octanol–water partition coefficient (Wildman–Crippen LogP) is 2.64. The summed E-state index contributed by atoms with van der Waals surface area (Å²) in [5, 5.41) is 10.7. The summed E-state index contributed by atoms with van der Waals surface area (Å²) in [7, 11) is 1.84. The summed E-state index contributed by atoms with van der Waals surface area (Å²) < 4.78 is 4.97. The van der Waals surface area contributed by atoms with Crippen molar-refractivity contribution >= 4 is 17.7 Å². The monoisotopic (exact) mass is 260 g/mol. The van der Waals surface area contributed by atoms with Crippen molar-refractivity contribution in [2.75, 3.05) is 11.9 Å². The van der Waals surface area contributed by atoms with Crippen LogP contribution in [-0.4, -0.2) is 18.3 Å². The maximum absolute atomic E-state index is 10.9. The van der Waals surface area contributed by atoms with Gasteiger partial charge in [0.05, 0.1) is 23.0 Å². The highest BCUT2D eigenvalue weighted by Gasteiger charge is 2.14. The summed E-state index contributed by atoms with van der Waals surface area (Å²) in [5.41, 5.74) is 1.60. The lowest BCUT2D eigenvalue weighted by atomic mass is 10.1. The molecule has 0 radical (unpaired) electrons. The Morgan fingerprint density at radius 1 is 1.42 bits per heavy atom. The molecule has 0 aliphatic heterocycles. The van der Waals surface area contributed by atoms with Crippen molar-refractivity contribution in [3.8, 4) is 0 Å². The molecule has 19 heavy (non-hydrogen) atoms. The number of furan rings is 1. The third-order valence-corrected chi connectivity index (χ3v) is 2.78. The van der Waals surface area contributed by atoms with Gasteiger partial charge in [0.25, 0.3) is 5.69 Å². The Hall–Kier alpha value is -2.63. The average Bonchev–Trinajstić information content (AvgIpc) is 2.90. The van der Waals surface area contributed by atoms with E-state index in [-0.39, 0.29) is 11.3 Å². The van der Waals surface area contributed by atoms with E-state index < -0.39 is 4.92 Å². The van der Waals surface area contributed by atoms with E-state index in [1.165, 1.54) is 12.1 Å². The zero-order chi connectivity index (χ0) is 13.8. The van der Waals surface area contributed by atoms with Crippen molar-refractivity contribution in [2.24, 2.45) is 0 Å². The predicted molar refractivity (Wildman–Crippen MR) is 69.3 cm³/mol. The maximum atomic E-state index is 10.9. The molecular weight excluding hydrogens is 248 g/mol. The first-order valence-corrected chi connectivity index (χ1v) is 5.57. The van der Waals surface area contributed by atoms with Crippen molar-refractivity contribution in [2.45, 2.75) is 6.54 Å². The van der Waals surface area contributed by atoms with Crippen molar-refractivity contribution in [1.29, 1.82) is 0 Å². The lowest BCUT2D eigenvalue weighted by Crippen LogP contribution is -2.16. The van der Waals surface area contributed by atoms with Crippen molar-refractivity contribution in [1.82, 2.24) is 0 Å². The van der Waals surface area contributed by atoms with Gasteiger partial charge >= 0.3 is 0 Å². The number of rotatable bonds is 5.